The lowest BCUT2D eigenvalue weighted by molar-refractivity contribution is -0.385. The molecule has 0 aromatic rings. The quantitative estimate of drug-likeness (QED) is 0.0435. The van der Waals surface area contributed by atoms with Gasteiger partial charge in [-0.1, -0.05) is 39.0 Å². The van der Waals surface area contributed by atoms with Crippen LogP contribution >= 0.6 is 0 Å². The molecule has 3 aliphatic heterocycles. The van der Waals surface area contributed by atoms with Crippen LogP contribution in [0.15, 0.2) is 0 Å². The number of hydrogen-bond donors (Lipinski definition) is 11. The molecule has 11 N–H and O–H groups in total. The van der Waals surface area contributed by atoms with E-state index in [1.807, 2.05) is 0 Å². The number of aliphatic hydroxyl groups is 10. The number of aliphatic hydroxyl groups excluding tert-OH is 10. The van der Waals surface area contributed by atoms with Gasteiger partial charge < -0.3 is 89.5 Å². The molecule has 0 aromatic heterocycles. The van der Waals surface area contributed by atoms with E-state index in [0.29, 0.717) is 6.42 Å². The van der Waals surface area contributed by atoms with Crippen molar-refractivity contribution in [2.45, 2.75) is 156 Å². The minimum atomic E-state index is -2.73. The largest absolute Gasteiger partial charge is 0.465 e. The lowest BCUT2D eigenvalue weighted by Crippen LogP contribution is -2.70. The molecule has 16 atom stereocenters. The fourth-order valence-corrected chi connectivity index (χ4v) is 6.52. The van der Waals surface area contributed by atoms with Gasteiger partial charge in [0.25, 0.3) is 5.79 Å². The summed E-state index contributed by atoms with van der Waals surface area (Å²) in [5.74, 6) is -4.76. The van der Waals surface area contributed by atoms with E-state index in [0.717, 1.165) is 46.1 Å². The number of nitrogens with one attached hydrogen (secondary N) is 1. The predicted octanol–water partition coefficient (Wildman–Crippen LogP) is -4.75. The van der Waals surface area contributed by atoms with Crippen molar-refractivity contribution in [3.05, 3.63) is 0 Å². The summed E-state index contributed by atoms with van der Waals surface area (Å²) in [4.78, 5) is 25.1. The molecule has 0 bridgehead atoms. The second kappa shape index (κ2) is 20.8. The number of rotatable bonds is 19. The van der Waals surface area contributed by atoms with Gasteiger partial charge in [-0.3, -0.25) is 4.79 Å². The van der Waals surface area contributed by atoms with Crippen molar-refractivity contribution >= 4 is 11.9 Å². The van der Waals surface area contributed by atoms with E-state index in [4.69, 9.17) is 33.2 Å². The maximum absolute atomic E-state index is 13.2. The van der Waals surface area contributed by atoms with Crippen LogP contribution in [0.2, 0.25) is 0 Å². The Morgan fingerprint density at radius 2 is 1.42 bits per heavy atom. The van der Waals surface area contributed by atoms with Crippen molar-refractivity contribution in [2.24, 2.45) is 0 Å². The first-order chi connectivity index (χ1) is 24.7. The molecule has 3 fully saturated rings. The summed E-state index contributed by atoms with van der Waals surface area (Å²) in [5, 5.41) is 108. The Morgan fingerprint density at radius 1 is 0.846 bits per heavy atom. The van der Waals surface area contributed by atoms with Crippen LogP contribution in [0.1, 0.15) is 58.8 Å². The Balaban J connectivity index is 1.77. The zero-order valence-corrected chi connectivity index (χ0v) is 29.6. The molecule has 20 nitrogen and oxygen atoms in total. The number of esters is 1. The fourth-order valence-electron chi connectivity index (χ4n) is 6.52. The summed E-state index contributed by atoms with van der Waals surface area (Å²) in [6.45, 7) is 0.727. The Kier molecular flexibility index (Phi) is 17.9. The molecule has 0 spiro atoms. The SMILES string of the molecule is CCCCCCCCO[C@@H]1O[C@H](CO)[C@@H](O[C@@H]2O[C@H](CO)[C@H](O[C@@]3(C(=O)OC)C[C@H](O)[C@@H](NC(C)=O)[C@H]([C@H](O)[C@H](O)CO)O3)[C@H](O)[C@H]2O)[C@H](O)[C@H]1O. The number of carbonyl (C=O) groups is 2. The molecule has 1 amide bonds. The van der Waals surface area contributed by atoms with E-state index in [1.54, 1.807) is 0 Å². The third kappa shape index (κ3) is 10.7. The minimum Gasteiger partial charge on any atom is -0.465 e. The van der Waals surface area contributed by atoms with Gasteiger partial charge in [0.05, 0.1) is 39.1 Å². The standard InChI is InChI=1S/C32H57NO19/c1-4-5-6-7-8-9-10-47-29-24(43)22(41)26(18(13-35)48-29)50-30-25(44)23(42)27(19(14-36)49-30)51-32(31(45)46-3)11-16(38)20(33-15(2)37)28(52-32)21(40)17(39)12-34/h16-30,34-36,38-44H,4-14H2,1-3H3,(H,33,37)/t16-,17+,18+,19+,20+,21+,22+,23+,24+,25+,26+,27-,28+,29+,30-,32-/m0/s1. The molecule has 20 heteroatoms. The van der Waals surface area contributed by atoms with Crippen LogP contribution in [0.5, 0.6) is 0 Å². The summed E-state index contributed by atoms with van der Waals surface area (Å²) in [7, 11) is 0.918. The molecule has 0 unspecified atom stereocenters. The first kappa shape index (κ1) is 44.7. The molecule has 52 heavy (non-hydrogen) atoms. The third-order valence-electron chi connectivity index (χ3n) is 9.40. The zero-order valence-electron chi connectivity index (χ0n) is 29.6. The maximum Gasteiger partial charge on any atom is 0.366 e. The number of amides is 1. The molecule has 0 aromatic carbocycles. The van der Waals surface area contributed by atoms with Crippen LogP contribution < -0.4 is 5.32 Å². The molecule has 3 saturated heterocycles. The number of hydrogen-bond acceptors (Lipinski definition) is 19. The molecule has 0 radical (unpaired) electrons. The van der Waals surface area contributed by atoms with E-state index in [-0.39, 0.29) is 6.61 Å². The summed E-state index contributed by atoms with van der Waals surface area (Å²) < 4.78 is 39.1. The molecule has 0 saturated carbocycles. The Labute approximate surface area is 301 Å². The molecule has 3 heterocycles. The fraction of sp³-hybridized carbons (Fsp3) is 0.938. The van der Waals surface area contributed by atoms with E-state index in [2.05, 4.69) is 12.2 Å². The number of unbranched alkanes of at least 4 members (excludes halogenated alkanes) is 5. The van der Waals surface area contributed by atoms with Crippen LogP contribution in [0.25, 0.3) is 0 Å². The van der Waals surface area contributed by atoms with Crippen LogP contribution in [0, 0.1) is 0 Å². The molecular formula is C32H57NO19. The molecular weight excluding hydrogens is 702 g/mol. The second-order valence-electron chi connectivity index (χ2n) is 13.3. The highest BCUT2D eigenvalue weighted by molar-refractivity contribution is 5.78. The van der Waals surface area contributed by atoms with Crippen molar-refractivity contribution in [1.82, 2.24) is 5.32 Å². The zero-order chi connectivity index (χ0) is 38.7. The number of ether oxygens (including phenoxy) is 7. The van der Waals surface area contributed by atoms with Gasteiger partial charge in [0.15, 0.2) is 12.6 Å². The predicted molar refractivity (Wildman–Crippen MR) is 172 cm³/mol. The van der Waals surface area contributed by atoms with Gasteiger partial charge in [0.1, 0.15) is 67.1 Å². The lowest BCUT2D eigenvalue weighted by atomic mass is 9.88. The molecule has 3 aliphatic rings. The number of carbonyl (C=O) groups excluding carboxylic acids is 2. The number of methoxy groups -OCH3 is 1. The van der Waals surface area contributed by atoms with Crippen LogP contribution in [0.4, 0.5) is 0 Å². The van der Waals surface area contributed by atoms with Gasteiger partial charge >= 0.3 is 5.97 Å². The van der Waals surface area contributed by atoms with Gasteiger partial charge in [-0.2, -0.15) is 0 Å². The van der Waals surface area contributed by atoms with Gasteiger partial charge in [-0.05, 0) is 6.42 Å². The van der Waals surface area contributed by atoms with Crippen LogP contribution in [-0.2, 0) is 42.7 Å². The van der Waals surface area contributed by atoms with Crippen LogP contribution in [-0.4, -0.2) is 194 Å². The third-order valence-corrected chi connectivity index (χ3v) is 9.40. The van der Waals surface area contributed by atoms with E-state index < -0.39 is 136 Å². The first-order valence-electron chi connectivity index (χ1n) is 17.6. The van der Waals surface area contributed by atoms with E-state index in [1.165, 1.54) is 0 Å². The van der Waals surface area contributed by atoms with E-state index in [9.17, 15) is 60.7 Å². The van der Waals surface area contributed by atoms with Crippen molar-refractivity contribution in [2.75, 3.05) is 33.5 Å². The van der Waals surface area contributed by atoms with Gasteiger partial charge in [0.2, 0.25) is 5.91 Å². The summed E-state index contributed by atoms with van der Waals surface area (Å²) in [6, 6.07) is -1.46. The highest BCUT2D eigenvalue weighted by Gasteiger charge is 2.60. The van der Waals surface area contributed by atoms with Crippen molar-refractivity contribution in [1.29, 1.82) is 0 Å². The van der Waals surface area contributed by atoms with Crippen LogP contribution in [0.3, 0.4) is 0 Å². The average Bonchev–Trinajstić information content (AvgIpc) is 3.13. The van der Waals surface area contributed by atoms with Gasteiger partial charge in [0, 0.05) is 20.0 Å². The van der Waals surface area contributed by atoms with Crippen molar-refractivity contribution in [3.8, 4) is 0 Å². The summed E-state index contributed by atoms with van der Waals surface area (Å²) in [6.07, 6.45) is -19.5. The first-order valence-corrected chi connectivity index (χ1v) is 17.6. The van der Waals surface area contributed by atoms with E-state index >= 15 is 0 Å². The molecule has 304 valence electrons. The topological polar surface area (TPSA) is 313 Å². The van der Waals surface area contributed by atoms with Gasteiger partial charge in [-0.15, -0.1) is 0 Å². The average molecular weight is 760 g/mol. The Hall–Kier alpha value is -1.70. The Morgan fingerprint density at radius 3 is 2.02 bits per heavy atom. The normalized spacial score (nSPS) is 39.4. The summed E-state index contributed by atoms with van der Waals surface area (Å²) in [5.41, 5.74) is 0. The smallest absolute Gasteiger partial charge is 0.366 e. The monoisotopic (exact) mass is 759 g/mol. The maximum atomic E-state index is 13.2. The summed E-state index contributed by atoms with van der Waals surface area (Å²) >= 11 is 0. The van der Waals surface area contributed by atoms with Gasteiger partial charge in [-0.25, -0.2) is 4.79 Å². The molecule has 0 aliphatic carbocycles. The lowest BCUT2D eigenvalue weighted by Gasteiger charge is -2.50. The molecule has 3 rings (SSSR count). The highest BCUT2D eigenvalue weighted by atomic mass is 16.8. The highest BCUT2D eigenvalue weighted by Crippen LogP contribution is 2.38. The van der Waals surface area contributed by atoms with Crippen molar-refractivity contribution in [3.63, 3.8) is 0 Å². The second-order valence-corrected chi connectivity index (χ2v) is 13.3. The minimum absolute atomic E-state index is 0.212. The van der Waals surface area contributed by atoms with Crippen molar-refractivity contribution < 1.29 is 93.8 Å². The Bertz CT molecular complexity index is 1090.